The van der Waals surface area contributed by atoms with Gasteiger partial charge in [-0.1, -0.05) is 32.9 Å². The highest BCUT2D eigenvalue weighted by molar-refractivity contribution is 7.91. The molecule has 1 amide bonds. The SMILES string of the molecule is CCS(=O)(=O)c1ccc(CC(=O)Nc2nc3c(s2)CN(C[C@H]2CC[C@H](C(=O)O)CC2)C3C(C)C)cc1. The predicted molar refractivity (Wildman–Crippen MR) is 140 cm³/mol. The van der Waals surface area contributed by atoms with Gasteiger partial charge in [-0.2, -0.15) is 0 Å². The van der Waals surface area contributed by atoms with Crippen LogP contribution in [0.4, 0.5) is 5.13 Å². The molecule has 1 aliphatic heterocycles. The summed E-state index contributed by atoms with van der Waals surface area (Å²) >= 11 is 1.52. The summed E-state index contributed by atoms with van der Waals surface area (Å²) in [4.78, 5) is 32.6. The molecule has 1 aromatic carbocycles. The topological polar surface area (TPSA) is 117 Å². The number of fused-ring (bicyclic) bond motifs is 1. The third-order valence-corrected chi connectivity index (χ3v) is 10.1. The first-order chi connectivity index (χ1) is 17.1. The minimum absolute atomic E-state index is 0.0438. The van der Waals surface area contributed by atoms with Gasteiger partial charge in [-0.25, -0.2) is 13.4 Å². The van der Waals surface area contributed by atoms with Crippen molar-refractivity contribution in [1.82, 2.24) is 9.88 Å². The van der Waals surface area contributed by atoms with Crippen molar-refractivity contribution in [3.8, 4) is 0 Å². The average Bonchev–Trinajstić information content (AvgIpc) is 3.35. The summed E-state index contributed by atoms with van der Waals surface area (Å²) < 4.78 is 24.0. The lowest BCUT2D eigenvalue weighted by Crippen LogP contribution is -2.33. The Morgan fingerprint density at radius 1 is 1.17 bits per heavy atom. The Labute approximate surface area is 217 Å². The molecule has 2 heterocycles. The summed E-state index contributed by atoms with van der Waals surface area (Å²) in [6.07, 6.45) is 3.56. The summed E-state index contributed by atoms with van der Waals surface area (Å²) in [5, 5.41) is 12.8. The number of amides is 1. The molecular weight excluding hydrogens is 498 g/mol. The average molecular weight is 534 g/mol. The van der Waals surface area contributed by atoms with Gasteiger partial charge in [0.15, 0.2) is 15.0 Å². The van der Waals surface area contributed by atoms with E-state index >= 15 is 0 Å². The summed E-state index contributed by atoms with van der Waals surface area (Å²) in [7, 11) is -3.26. The lowest BCUT2D eigenvalue weighted by molar-refractivity contribution is -0.143. The first-order valence-corrected chi connectivity index (χ1v) is 15.1. The molecule has 0 saturated heterocycles. The highest BCUT2D eigenvalue weighted by Gasteiger charge is 2.38. The Kier molecular flexibility index (Phi) is 8.16. The number of aliphatic carboxylic acids is 1. The van der Waals surface area contributed by atoms with E-state index < -0.39 is 15.8 Å². The number of anilines is 1. The maximum Gasteiger partial charge on any atom is 0.306 e. The van der Waals surface area contributed by atoms with Gasteiger partial charge in [0.2, 0.25) is 5.91 Å². The zero-order valence-corrected chi connectivity index (χ0v) is 22.7. The minimum atomic E-state index is -3.26. The maximum atomic E-state index is 12.6. The summed E-state index contributed by atoms with van der Waals surface area (Å²) in [6, 6.07) is 6.65. The second-order valence-corrected chi connectivity index (χ2v) is 13.6. The van der Waals surface area contributed by atoms with Crippen molar-refractivity contribution in [2.24, 2.45) is 17.8 Å². The van der Waals surface area contributed by atoms with E-state index in [2.05, 4.69) is 24.1 Å². The number of carboxylic acids is 1. The number of aromatic nitrogens is 1. The highest BCUT2D eigenvalue weighted by atomic mass is 32.2. The largest absolute Gasteiger partial charge is 0.481 e. The summed E-state index contributed by atoms with van der Waals surface area (Å²) in [5.41, 5.74) is 1.79. The monoisotopic (exact) mass is 533 g/mol. The van der Waals surface area contributed by atoms with Crippen molar-refractivity contribution in [3.63, 3.8) is 0 Å². The van der Waals surface area contributed by atoms with Gasteiger partial charge < -0.3 is 10.4 Å². The van der Waals surface area contributed by atoms with E-state index in [9.17, 15) is 23.1 Å². The molecule has 1 atom stereocenters. The van der Waals surface area contributed by atoms with Crippen LogP contribution in [-0.4, -0.2) is 47.6 Å². The third kappa shape index (κ3) is 5.98. The summed E-state index contributed by atoms with van der Waals surface area (Å²) in [5.74, 6) is -0.127. The van der Waals surface area contributed by atoms with E-state index in [1.54, 1.807) is 31.2 Å². The van der Waals surface area contributed by atoms with Gasteiger partial charge >= 0.3 is 5.97 Å². The lowest BCUT2D eigenvalue weighted by atomic mass is 9.81. The van der Waals surface area contributed by atoms with Gasteiger partial charge in [0.25, 0.3) is 0 Å². The van der Waals surface area contributed by atoms with Crippen molar-refractivity contribution in [3.05, 3.63) is 40.4 Å². The van der Waals surface area contributed by atoms with Crippen LogP contribution in [0, 0.1) is 17.8 Å². The number of carbonyl (C=O) groups excluding carboxylic acids is 1. The van der Waals surface area contributed by atoms with Gasteiger partial charge in [-0.05, 0) is 55.2 Å². The summed E-state index contributed by atoms with van der Waals surface area (Å²) in [6.45, 7) is 7.74. The molecule has 2 aromatic rings. The van der Waals surface area contributed by atoms with E-state index in [1.165, 1.54) is 16.2 Å². The van der Waals surface area contributed by atoms with Crippen LogP contribution in [0.15, 0.2) is 29.2 Å². The normalized spacial score (nSPS) is 22.5. The fourth-order valence-corrected chi connectivity index (χ4v) is 7.31. The van der Waals surface area contributed by atoms with Crippen LogP contribution in [0.5, 0.6) is 0 Å². The first kappa shape index (κ1) is 26.8. The van der Waals surface area contributed by atoms with Crippen molar-refractivity contribution >= 4 is 38.2 Å². The number of thiazole rings is 1. The van der Waals surface area contributed by atoms with E-state index in [0.29, 0.717) is 17.0 Å². The maximum absolute atomic E-state index is 12.6. The minimum Gasteiger partial charge on any atom is -0.481 e. The molecule has 0 spiro atoms. The number of hydrogen-bond donors (Lipinski definition) is 2. The highest BCUT2D eigenvalue weighted by Crippen LogP contribution is 2.43. The van der Waals surface area contributed by atoms with E-state index in [-0.39, 0.29) is 34.9 Å². The molecule has 1 aromatic heterocycles. The zero-order chi connectivity index (χ0) is 26.0. The van der Waals surface area contributed by atoms with E-state index in [1.807, 2.05) is 0 Å². The van der Waals surface area contributed by atoms with Crippen molar-refractivity contribution in [2.75, 3.05) is 17.6 Å². The molecule has 1 unspecified atom stereocenters. The van der Waals surface area contributed by atoms with E-state index in [4.69, 9.17) is 4.98 Å². The van der Waals surface area contributed by atoms with Crippen LogP contribution in [-0.2, 0) is 32.4 Å². The number of rotatable bonds is 9. The Morgan fingerprint density at radius 2 is 1.83 bits per heavy atom. The van der Waals surface area contributed by atoms with E-state index in [0.717, 1.165) is 50.0 Å². The van der Waals surface area contributed by atoms with Crippen LogP contribution in [0.3, 0.4) is 0 Å². The fourth-order valence-electron chi connectivity index (χ4n) is 5.39. The quantitative estimate of drug-likeness (QED) is 0.487. The van der Waals surface area contributed by atoms with Crippen molar-refractivity contribution in [1.29, 1.82) is 0 Å². The van der Waals surface area contributed by atoms with Crippen molar-refractivity contribution < 1.29 is 23.1 Å². The number of nitrogens with one attached hydrogen (secondary N) is 1. The Balaban J connectivity index is 1.36. The fraction of sp³-hybridized carbons (Fsp3) is 0.577. The molecule has 1 aliphatic carbocycles. The molecule has 4 rings (SSSR count). The standard InChI is InChI=1S/C26H35N3O5S2/c1-4-36(33,34)20-11-7-17(8-12-20)13-22(30)27-26-28-23-21(35-26)15-29(24(23)16(2)3)14-18-5-9-19(10-6-18)25(31)32/h7-8,11-12,16,18-19,24H,4-6,9-10,13-15H2,1-3H3,(H,31,32)(H,27,28,30)/t18-,19-,24?. The number of carbonyl (C=O) groups is 2. The molecule has 2 aliphatic rings. The number of benzene rings is 1. The zero-order valence-electron chi connectivity index (χ0n) is 21.1. The second-order valence-electron chi connectivity index (χ2n) is 10.3. The Morgan fingerprint density at radius 3 is 2.42 bits per heavy atom. The molecular formula is C26H35N3O5S2. The van der Waals surface area contributed by atoms with Gasteiger partial charge in [0, 0.05) is 18.0 Å². The van der Waals surface area contributed by atoms with Crippen LogP contribution < -0.4 is 5.32 Å². The second kappa shape index (κ2) is 11.0. The Bertz CT molecular complexity index is 1200. The predicted octanol–water partition coefficient (Wildman–Crippen LogP) is 4.52. The van der Waals surface area contributed by atoms with Crippen LogP contribution in [0.2, 0.25) is 0 Å². The number of nitrogens with zero attached hydrogens (tertiary/aromatic N) is 2. The molecule has 1 saturated carbocycles. The number of hydrogen-bond acceptors (Lipinski definition) is 7. The number of sulfone groups is 1. The van der Waals surface area contributed by atoms with Crippen molar-refractivity contribution in [2.45, 2.75) is 70.4 Å². The lowest BCUT2D eigenvalue weighted by Gasteiger charge is -2.34. The molecule has 2 N–H and O–H groups in total. The molecule has 0 bridgehead atoms. The first-order valence-electron chi connectivity index (χ1n) is 12.6. The molecule has 10 heteroatoms. The van der Waals surface area contributed by atoms with Crippen LogP contribution in [0.25, 0.3) is 0 Å². The van der Waals surface area contributed by atoms with Gasteiger partial charge in [0.05, 0.1) is 34.7 Å². The van der Waals surface area contributed by atoms with Gasteiger partial charge in [0.1, 0.15) is 0 Å². The number of carboxylic acid groups (broad SMARTS) is 1. The third-order valence-electron chi connectivity index (χ3n) is 7.34. The van der Waals surface area contributed by atoms with Gasteiger partial charge in [-0.15, -0.1) is 11.3 Å². The molecule has 1 fully saturated rings. The molecule has 196 valence electrons. The molecule has 0 radical (unpaired) electrons. The molecule has 8 nitrogen and oxygen atoms in total. The molecule has 36 heavy (non-hydrogen) atoms. The van der Waals surface area contributed by atoms with Crippen LogP contribution >= 0.6 is 11.3 Å². The van der Waals surface area contributed by atoms with Gasteiger partial charge in [-0.3, -0.25) is 14.5 Å². The smallest absolute Gasteiger partial charge is 0.306 e. The Hall–Kier alpha value is -2.30. The van der Waals surface area contributed by atoms with Crippen LogP contribution in [0.1, 0.15) is 68.6 Å².